The molecule has 0 radical (unpaired) electrons. The minimum Gasteiger partial charge on any atom is -0.724 e. The Bertz CT molecular complexity index is 799. The summed E-state index contributed by atoms with van der Waals surface area (Å²) in [5.74, 6) is -0.629. The first-order chi connectivity index (χ1) is 11.7. The van der Waals surface area contributed by atoms with Crippen molar-refractivity contribution in [1.82, 2.24) is 24.8 Å². The topological polar surface area (TPSA) is 161 Å². The Balaban J connectivity index is 0.00000243. The number of amides is 3. The summed E-state index contributed by atoms with van der Waals surface area (Å²) in [6, 6.07) is -2.12. The van der Waals surface area contributed by atoms with Gasteiger partial charge in [0, 0.05) is 18.9 Å². The molecule has 0 spiro atoms. The molecular formula is C12H15N6NaO6S. The number of hydrogen-bond acceptors (Lipinski definition) is 8. The van der Waals surface area contributed by atoms with E-state index >= 15 is 0 Å². The van der Waals surface area contributed by atoms with Gasteiger partial charge in [0.25, 0.3) is 0 Å². The van der Waals surface area contributed by atoms with Crippen molar-refractivity contribution in [1.29, 1.82) is 5.41 Å². The number of imidazole rings is 1. The number of aromatic nitrogens is 2. The molecule has 0 unspecified atom stereocenters. The van der Waals surface area contributed by atoms with Gasteiger partial charge in [-0.05, 0) is 12.8 Å². The number of amidine groups is 1. The molecule has 2 bridgehead atoms. The van der Waals surface area contributed by atoms with Crippen LogP contribution in [0.5, 0.6) is 0 Å². The van der Waals surface area contributed by atoms with Gasteiger partial charge in [0.05, 0.1) is 18.4 Å². The van der Waals surface area contributed by atoms with Crippen molar-refractivity contribution in [3.05, 3.63) is 18.7 Å². The van der Waals surface area contributed by atoms with Gasteiger partial charge in [-0.2, -0.15) is 9.35 Å². The van der Waals surface area contributed by atoms with E-state index in [9.17, 15) is 22.6 Å². The Morgan fingerprint density at radius 2 is 2.19 bits per heavy atom. The van der Waals surface area contributed by atoms with E-state index in [0.717, 1.165) is 0 Å². The first kappa shape index (κ1) is 20.8. The molecule has 0 saturated carbocycles. The maximum atomic E-state index is 12.2. The fourth-order valence-corrected chi connectivity index (χ4v) is 3.33. The van der Waals surface area contributed by atoms with Crippen molar-refractivity contribution in [3.8, 4) is 0 Å². The van der Waals surface area contributed by atoms with Crippen LogP contribution < -0.4 is 34.9 Å². The number of nitrogens with zero attached hydrogens (tertiary/aromatic N) is 4. The smallest absolute Gasteiger partial charge is 0.724 e. The van der Waals surface area contributed by atoms with Crippen LogP contribution in [0, 0.1) is 5.41 Å². The fourth-order valence-electron chi connectivity index (χ4n) is 2.95. The largest absolute Gasteiger partial charge is 1.00 e. The Kier molecular flexibility index (Phi) is 6.42. The summed E-state index contributed by atoms with van der Waals surface area (Å²) in [6.45, 7) is 0.0775. The summed E-state index contributed by atoms with van der Waals surface area (Å²) in [7, 11) is -5.07. The third-order valence-corrected chi connectivity index (χ3v) is 4.33. The Hall–Kier alpha value is -1.51. The molecule has 2 saturated heterocycles. The van der Waals surface area contributed by atoms with Crippen molar-refractivity contribution in [2.24, 2.45) is 0 Å². The minimum atomic E-state index is -5.07. The van der Waals surface area contributed by atoms with Gasteiger partial charge in [0.1, 0.15) is 12.4 Å². The zero-order chi connectivity index (χ0) is 18.2. The van der Waals surface area contributed by atoms with Crippen LogP contribution in [0.15, 0.2) is 18.7 Å². The van der Waals surface area contributed by atoms with Gasteiger partial charge in [0.2, 0.25) is 16.3 Å². The van der Waals surface area contributed by atoms with Gasteiger partial charge in [-0.1, -0.05) is 0 Å². The molecule has 26 heavy (non-hydrogen) atoms. The molecule has 0 aromatic carbocycles. The number of fused-ring (bicyclic) bond motifs is 2. The zero-order valence-electron chi connectivity index (χ0n) is 13.9. The quantitative estimate of drug-likeness (QED) is 0.168. The Morgan fingerprint density at radius 1 is 1.46 bits per heavy atom. The molecule has 14 heteroatoms. The van der Waals surface area contributed by atoms with E-state index in [0.29, 0.717) is 17.9 Å². The van der Waals surface area contributed by atoms with Crippen LogP contribution in [0.2, 0.25) is 0 Å². The van der Waals surface area contributed by atoms with Gasteiger partial charge < -0.3 is 19.3 Å². The summed E-state index contributed by atoms with van der Waals surface area (Å²) >= 11 is 0. The van der Waals surface area contributed by atoms with Gasteiger partial charge in [-0.25, -0.2) is 18.2 Å². The molecule has 0 aliphatic carbocycles. The molecule has 1 aromatic heterocycles. The van der Waals surface area contributed by atoms with Crippen LogP contribution in [0.25, 0.3) is 0 Å². The number of urea groups is 1. The number of piperidine rings is 1. The maximum Gasteiger partial charge on any atom is 1.00 e. The zero-order valence-corrected chi connectivity index (χ0v) is 16.7. The third-order valence-electron chi connectivity index (χ3n) is 3.99. The first-order valence-electron chi connectivity index (χ1n) is 7.34. The van der Waals surface area contributed by atoms with Gasteiger partial charge in [-0.3, -0.25) is 10.2 Å². The molecule has 2 aliphatic rings. The van der Waals surface area contributed by atoms with Gasteiger partial charge >= 0.3 is 35.6 Å². The standard InChI is InChI=1S/C12H16N6O6S.Na/c13-11(15-10(19)6-16-4-3-14-7-16)9-2-1-8-5-17(9)12(20)18(8)24-25(21,22)23;/h3-4,7-9H,1-2,5-6H2,(H2,13,15,19)(H,21,22,23);/q;+1/p-1/t8-,9+;/m1./s1. The van der Waals surface area contributed by atoms with Crippen molar-refractivity contribution >= 4 is 28.2 Å². The number of hydrogen-bond donors (Lipinski definition) is 2. The Morgan fingerprint density at radius 3 is 2.81 bits per heavy atom. The van der Waals surface area contributed by atoms with Crippen LogP contribution in [-0.2, 0) is 26.0 Å². The summed E-state index contributed by atoms with van der Waals surface area (Å²) in [6.07, 6.45) is 5.23. The van der Waals surface area contributed by atoms with E-state index in [1.165, 1.54) is 22.0 Å². The number of carbonyl (C=O) groups excluding carboxylic acids is 2. The molecule has 3 amide bonds. The second kappa shape index (κ2) is 8.02. The van der Waals surface area contributed by atoms with Gasteiger partial charge in [0.15, 0.2) is 0 Å². The maximum absolute atomic E-state index is 12.2. The predicted octanol–water partition coefficient (Wildman–Crippen LogP) is -4.36. The fraction of sp³-hybridized carbons (Fsp3) is 0.500. The van der Waals surface area contributed by atoms with E-state index < -0.39 is 34.4 Å². The summed E-state index contributed by atoms with van der Waals surface area (Å²) < 4.78 is 37.9. The number of rotatable bonds is 5. The molecular weight excluding hydrogens is 379 g/mol. The van der Waals surface area contributed by atoms with Crippen molar-refractivity contribution in [2.75, 3.05) is 6.54 Å². The van der Waals surface area contributed by atoms with E-state index in [-0.39, 0.29) is 48.5 Å². The number of hydroxylamine groups is 2. The normalized spacial score (nSPS) is 22.1. The van der Waals surface area contributed by atoms with Crippen LogP contribution in [0.1, 0.15) is 12.8 Å². The van der Waals surface area contributed by atoms with Crippen molar-refractivity contribution < 1.29 is 56.4 Å². The second-order valence-electron chi connectivity index (χ2n) is 5.69. The van der Waals surface area contributed by atoms with Crippen LogP contribution in [0.4, 0.5) is 4.79 Å². The van der Waals surface area contributed by atoms with Crippen molar-refractivity contribution in [2.45, 2.75) is 31.5 Å². The molecule has 12 nitrogen and oxygen atoms in total. The molecule has 2 fully saturated rings. The van der Waals surface area contributed by atoms with E-state index in [2.05, 4.69) is 14.6 Å². The van der Waals surface area contributed by atoms with Crippen LogP contribution in [-0.4, -0.2) is 68.9 Å². The average molecular weight is 394 g/mol. The summed E-state index contributed by atoms with van der Waals surface area (Å²) in [5, 5.41) is 11.0. The van der Waals surface area contributed by atoms with E-state index in [1.807, 2.05) is 0 Å². The number of carbonyl (C=O) groups is 2. The molecule has 136 valence electrons. The molecule has 1 aromatic rings. The Labute approximate surface area is 171 Å². The van der Waals surface area contributed by atoms with E-state index in [1.54, 1.807) is 6.20 Å². The molecule has 2 aliphatic heterocycles. The number of nitrogens with one attached hydrogen (secondary N) is 2. The average Bonchev–Trinajstić information content (AvgIpc) is 3.09. The van der Waals surface area contributed by atoms with Gasteiger partial charge in [-0.15, -0.1) is 0 Å². The third kappa shape index (κ3) is 4.61. The summed E-state index contributed by atoms with van der Waals surface area (Å²) in [5.41, 5.74) is 0. The second-order valence-corrected chi connectivity index (χ2v) is 6.65. The summed E-state index contributed by atoms with van der Waals surface area (Å²) in [4.78, 5) is 29.2. The molecule has 3 rings (SSSR count). The monoisotopic (exact) mass is 394 g/mol. The van der Waals surface area contributed by atoms with E-state index in [4.69, 9.17) is 5.41 Å². The van der Waals surface area contributed by atoms with Crippen molar-refractivity contribution in [3.63, 3.8) is 0 Å². The van der Waals surface area contributed by atoms with Crippen LogP contribution in [0.3, 0.4) is 0 Å². The first-order valence-corrected chi connectivity index (χ1v) is 8.67. The minimum absolute atomic E-state index is 0. The molecule has 3 heterocycles. The van der Waals surface area contributed by atoms with Crippen LogP contribution >= 0.6 is 0 Å². The molecule has 2 atom stereocenters. The SMILES string of the molecule is N=C(NC(=O)Cn1ccnc1)[C@@H]1CC[C@@H]2CN1C(=O)N2OS(=O)(=O)[O-].[Na+]. The predicted molar refractivity (Wildman–Crippen MR) is 79.6 cm³/mol. The molecule has 2 N–H and O–H groups in total.